The summed E-state index contributed by atoms with van der Waals surface area (Å²) in [4.78, 5) is 94.6. The van der Waals surface area contributed by atoms with Gasteiger partial charge in [-0.05, 0) is 66.3 Å². The van der Waals surface area contributed by atoms with Crippen LogP contribution in [0, 0.1) is 23.7 Å². The van der Waals surface area contributed by atoms with E-state index in [2.05, 4.69) is 17.2 Å². The molecule has 0 aromatic heterocycles. The van der Waals surface area contributed by atoms with Gasteiger partial charge >= 0.3 is 23.9 Å². The van der Waals surface area contributed by atoms with E-state index in [-0.39, 0.29) is 36.6 Å². The van der Waals surface area contributed by atoms with Crippen molar-refractivity contribution in [1.29, 1.82) is 0 Å². The van der Waals surface area contributed by atoms with Gasteiger partial charge in [0.05, 0.1) is 50.6 Å². The minimum Gasteiger partial charge on any atom is -0.491 e. The topological polar surface area (TPSA) is 181 Å². The van der Waals surface area contributed by atoms with Gasteiger partial charge in [0.25, 0.3) is 0 Å². The van der Waals surface area contributed by atoms with Gasteiger partial charge < -0.3 is 34.3 Å². The second-order valence-corrected chi connectivity index (χ2v) is 19.0. The van der Waals surface area contributed by atoms with Crippen LogP contribution < -0.4 is 15.0 Å². The predicted molar refractivity (Wildman–Crippen MR) is 273 cm³/mol. The fraction of sp³-hybridized carbons (Fsp3) is 0.356. The summed E-state index contributed by atoms with van der Waals surface area (Å²) in [5.41, 5.74) is 1.22. The molecule has 0 saturated carbocycles. The lowest BCUT2D eigenvalue weighted by Gasteiger charge is -2.46. The zero-order valence-electron chi connectivity index (χ0n) is 41.7. The second-order valence-electron chi connectivity index (χ2n) is 19.0. The van der Waals surface area contributed by atoms with Crippen molar-refractivity contribution in [3.8, 4) is 17.6 Å². The number of esters is 3. The first-order valence-corrected chi connectivity index (χ1v) is 25.2. The molecule has 382 valence electrons. The number of ether oxygens (including phenoxy) is 4. The number of carbonyl (C=O) groups is 6. The summed E-state index contributed by atoms with van der Waals surface area (Å²) in [5.74, 6) is -0.156. The molecule has 0 bridgehead atoms. The molecular weight excluding hydrogens is 941 g/mol. The number of rotatable bonds is 12. The van der Waals surface area contributed by atoms with Gasteiger partial charge in [-0.1, -0.05) is 140 Å². The lowest BCUT2D eigenvalue weighted by molar-refractivity contribution is -0.179. The predicted octanol–water partition coefficient (Wildman–Crippen LogP) is 7.69. The number of imide groups is 1. The molecule has 4 aliphatic heterocycles. The molecule has 4 amide bonds. The number of nitrogens with zero attached hydrogens (tertiary/aromatic N) is 3. The van der Waals surface area contributed by atoms with Crippen molar-refractivity contribution >= 4 is 41.4 Å². The number of aliphatic hydroxyl groups excluding tert-OH is 1. The van der Waals surface area contributed by atoms with Crippen LogP contribution in [0.15, 0.2) is 133 Å². The van der Waals surface area contributed by atoms with Gasteiger partial charge in [-0.2, -0.15) is 0 Å². The van der Waals surface area contributed by atoms with Gasteiger partial charge in [0.2, 0.25) is 11.8 Å². The molecule has 0 radical (unpaired) electrons. The number of carbonyl (C=O) groups excluding carboxylic acids is 6. The van der Waals surface area contributed by atoms with E-state index in [1.54, 1.807) is 47.4 Å². The Hall–Kier alpha value is -7.80. The molecule has 3 fully saturated rings. The molecule has 15 nitrogen and oxygen atoms in total. The molecule has 5 aromatic carbocycles. The van der Waals surface area contributed by atoms with Gasteiger partial charge in [-0.3, -0.25) is 28.9 Å². The Morgan fingerprint density at radius 2 is 1.38 bits per heavy atom. The molecule has 5 aromatic rings. The Morgan fingerprint density at radius 3 is 2.03 bits per heavy atom. The van der Waals surface area contributed by atoms with E-state index < -0.39 is 83.3 Å². The first-order chi connectivity index (χ1) is 36.0. The largest absolute Gasteiger partial charge is 0.491 e. The maximum Gasteiger partial charge on any atom is 0.329 e. The Labute approximate surface area is 430 Å². The van der Waals surface area contributed by atoms with Crippen molar-refractivity contribution in [1.82, 2.24) is 15.1 Å². The summed E-state index contributed by atoms with van der Waals surface area (Å²) in [6.07, 6.45) is 2.93. The number of methoxy groups -OCH3 is 2. The SMILES string of the molecule is COC(=O)C(CC#Cc1ccc2c(c1)[C@]1(C(=O)N2C(=O)N[C@H](C)c2ccccc2)[C@H](C(=O)N2CCCCCCC2)[C@H]2C(=O)O[C@H](c3ccccc3)[C@H](c3ccccc3)N2[C@@H]1c1ccccc1OCCO)C(=O)OC. The van der Waals surface area contributed by atoms with Crippen molar-refractivity contribution in [2.24, 2.45) is 11.8 Å². The van der Waals surface area contributed by atoms with Crippen molar-refractivity contribution in [3.05, 3.63) is 167 Å². The highest BCUT2D eigenvalue weighted by atomic mass is 16.6. The normalized spacial score (nSPS) is 22.8. The zero-order valence-corrected chi connectivity index (χ0v) is 41.7. The van der Waals surface area contributed by atoms with Crippen LogP contribution in [0.2, 0.25) is 0 Å². The van der Waals surface area contributed by atoms with Crippen molar-refractivity contribution in [2.45, 2.75) is 81.1 Å². The standard InChI is InChI=1S/C59H60N4O11/c1-38(40-22-10-7-11-23-40)60-58(70)62-46-32-31-39(21-20-29-44(54(66)71-2)55(67)72-3)37-45(46)59(57(62)69)48(53(65)61-33-18-5-4-6-19-34-61)50-56(68)74-51(42-26-14-9-15-27-42)49(41-24-12-8-13-25-41)63(50)52(59)43-28-16-17-30-47(43)73-36-35-64/h7-17,22-28,30-32,37-38,44,48-52,64H,4-6,18-19,29,33-36H2,1-3H3,(H,60,70)/t38-,48+,49+,50+,51-,52-,59+/m1/s1. The molecule has 1 spiro atoms. The number of fused-ring (bicyclic) bond motifs is 3. The van der Waals surface area contributed by atoms with Crippen LogP contribution in [0.4, 0.5) is 10.5 Å². The summed E-state index contributed by atoms with van der Waals surface area (Å²) in [6.45, 7) is 2.09. The molecule has 3 saturated heterocycles. The van der Waals surface area contributed by atoms with Crippen LogP contribution >= 0.6 is 0 Å². The fourth-order valence-electron chi connectivity index (χ4n) is 11.5. The molecule has 7 atom stereocenters. The Balaban J connectivity index is 1.36. The van der Waals surface area contributed by atoms with Crippen LogP contribution in [0.3, 0.4) is 0 Å². The van der Waals surface area contributed by atoms with E-state index in [0.29, 0.717) is 42.6 Å². The molecule has 2 N–H and O–H groups in total. The third-order valence-electron chi connectivity index (χ3n) is 14.8. The number of para-hydroxylation sites is 1. The lowest BCUT2D eigenvalue weighted by Crippen LogP contribution is -2.57. The average molecular weight is 1000 g/mol. The summed E-state index contributed by atoms with van der Waals surface area (Å²) in [5, 5.41) is 13.3. The minimum atomic E-state index is -2.11. The number of anilines is 1. The van der Waals surface area contributed by atoms with Crippen LogP contribution in [0.25, 0.3) is 0 Å². The number of morpholine rings is 1. The summed E-state index contributed by atoms with van der Waals surface area (Å²) < 4.78 is 22.8. The summed E-state index contributed by atoms with van der Waals surface area (Å²) in [7, 11) is 2.32. The fourth-order valence-corrected chi connectivity index (χ4v) is 11.5. The maximum atomic E-state index is 16.9. The zero-order chi connectivity index (χ0) is 51.9. The molecular formula is C59H60N4O11. The first kappa shape index (κ1) is 51.1. The lowest BCUT2D eigenvalue weighted by atomic mass is 9.64. The number of aliphatic hydroxyl groups is 1. The number of cyclic esters (lactones) is 1. The van der Waals surface area contributed by atoms with E-state index in [1.807, 2.05) is 103 Å². The minimum absolute atomic E-state index is 0.124. The Bertz CT molecular complexity index is 2920. The highest BCUT2D eigenvalue weighted by Crippen LogP contribution is 2.67. The quantitative estimate of drug-likeness (QED) is 0.0539. The van der Waals surface area contributed by atoms with Gasteiger partial charge in [-0.15, -0.1) is 0 Å². The summed E-state index contributed by atoms with van der Waals surface area (Å²) >= 11 is 0. The van der Waals surface area contributed by atoms with Crippen LogP contribution in [-0.2, 0) is 43.6 Å². The van der Waals surface area contributed by atoms with Crippen LogP contribution in [-0.4, -0.2) is 97.2 Å². The van der Waals surface area contributed by atoms with Gasteiger partial charge in [0, 0.05) is 30.6 Å². The molecule has 74 heavy (non-hydrogen) atoms. The Morgan fingerprint density at radius 1 is 0.770 bits per heavy atom. The van der Waals surface area contributed by atoms with Gasteiger partial charge in [-0.25, -0.2) is 9.69 Å². The van der Waals surface area contributed by atoms with E-state index in [4.69, 9.17) is 18.9 Å². The highest BCUT2D eigenvalue weighted by Gasteiger charge is 2.76. The number of hydrogen-bond donors (Lipinski definition) is 2. The molecule has 4 aliphatic rings. The monoisotopic (exact) mass is 1000 g/mol. The van der Waals surface area contributed by atoms with Gasteiger partial charge in [0.15, 0.2) is 5.92 Å². The molecule has 0 aliphatic carbocycles. The number of benzene rings is 5. The third-order valence-corrected chi connectivity index (χ3v) is 14.8. The van der Waals surface area contributed by atoms with E-state index >= 15 is 19.2 Å². The molecule has 9 rings (SSSR count). The number of urea groups is 1. The molecule has 4 heterocycles. The number of hydrogen-bond acceptors (Lipinski definition) is 12. The van der Waals surface area contributed by atoms with E-state index in [0.717, 1.165) is 49.5 Å². The van der Waals surface area contributed by atoms with Crippen LogP contribution in [0.5, 0.6) is 5.75 Å². The second kappa shape index (κ2) is 22.5. The van der Waals surface area contributed by atoms with Gasteiger partial charge in [0.1, 0.15) is 29.9 Å². The van der Waals surface area contributed by atoms with E-state index in [1.165, 1.54) is 0 Å². The first-order valence-electron chi connectivity index (χ1n) is 25.2. The molecule has 0 unspecified atom stereocenters. The number of nitrogens with one attached hydrogen (secondary N) is 1. The molecule has 15 heteroatoms. The summed E-state index contributed by atoms with van der Waals surface area (Å²) in [6, 6.07) is 35.3. The van der Waals surface area contributed by atoms with Crippen molar-refractivity contribution < 1.29 is 52.8 Å². The van der Waals surface area contributed by atoms with E-state index in [9.17, 15) is 14.7 Å². The maximum absolute atomic E-state index is 16.9. The third kappa shape index (κ3) is 9.51. The average Bonchev–Trinajstić information content (AvgIpc) is 3.95. The van der Waals surface area contributed by atoms with Crippen molar-refractivity contribution in [3.63, 3.8) is 0 Å². The highest BCUT2D eigenvalue weighted by molar-refractivity contribution is 6.25. The number of likely N-dealkylation sites (tertiary alicyclic amines) is 1. The van der Waals surface area contributed by atoms with Crippen LogP contribution in [0.1, 0.15) is 103 Å². The van der Waals surface area contributed by atoms with Crippen molar-refractivity contribution in [2.75, 3.05) is 45.4 Å². The number of amides is 4. The smallest absolute Gasteiger partial charge is 0.329 e. The Kier molecular flexibility index (Phi) is 15.6.